The Morgan fingerprint density at radius 3 is 2.14 bits per heavy atom. The van der Waals surface area contributed by atoms with Gasteiger partial charge in [-0.15, -0.1) is 0 Å². The molecule has 21 heavy (non-hydrogen) atoms. The number of allylic oxidation sites excluding steroid dienone is 4. The minimum Gasteiger partial charge on any atom is -0.478 e. The molecule has 0 spiro atoms. The average molecular weight is 283 g/mol. The van der Waals surface area contributed by atoms with Gasteiger partial charge in [-0.25, -0.2) is 4.79 Å². The van der Waals surface area contributed by atoms with Crippen LogP contribution >= 0.6 is 0 Å². The molecule has 0 amide bonds. The minimum absolute atomic E-state index is 0.611. The minimum atomic E-state index is -0.929. The van der Waals surface area contributed by atoms with E-state index >= 15 is 0 Å². The molecule has 0 bridgehead atoms. The molecule has 2 rings (SSSR count). The molecule has 108 valence electrons. The van der Waals surface area contributed by atoms with Gasteiger partial charge in [-0.3, -0.25) is 0 Å². The van der Waals surface area contributed by atoms with Crippen LogP contribution in [0.5, 0.6) is 0 Å². The van der Waals surface area contributed by atoms with Crippen LogP contribution in [0.2, 0.25) is 0 Å². The number of rotatable bonds is 3. The van der Waals surface area contributed by atoms with Crippen molar-refractivity contribution in [3.05, 3.63) is 65.7 Å². The zero-order chi connectivity index (χ0) is 15.7. The Morgan fingerprint density at radius 2 is 1.76 bits per heavy atom. The summed E-state index contributed by atoms with van der Waals surface area (Å²) in [6, 6.07) is 7.66. The van der Waals surface area contributed by atoms with E-state index in [1.807, 2.05) is 55.4 Å². The number of carboxylic acids is 1. The lowest BCUT2D eigenvalue weighted by molar-refractivity contribution is -0.131. The second-order valence-electron chi connectivity index (χ2n) is 4.40. The van der Waals surface area contributed by atoms with E-state index in [0.717, 1.165) is 17.3 Å². The first-order valence-electron chi connectivity index (χ1n) is 6.28. The fourth-order valence-electron chi connectivity index (χ4n) is 1.48. The van der Waals surface area contributed by atoms with Crippen LogP contribution in [0, 0.1) is 0 Å². The highest BCUT2D eigenvalue weighted by molar-refractivity contribution is 6.02. The molecule has 1 aliphatic carbocycles. The number of nitrogens with zero attached hydrogens (tertiary/aromatic N) is 3. The number of aliphatic carboxylic acids is 1. The average Bonchev–Trinajstić information content (AvgIpc) is 2.99. The van der Waals surface area contributed by atoms with Gasteiger partial charge >= 0.3 is 11.7 Å². The number of anilines is 1. The number of benzene rings is 1. The fraction of sp³-hybridized carbons (Fsp3) is 0.125. The van der Waals surface area contributed by atoms with Crippen molar-refractivity contribution in [1.82, 2.24) is 0 Å². The van der Waals surface area contributed by atoms with Crippen molar-refractivity contribution < 1.29 is 14.7 Å². The highest BCUT2D eigenvalue weighted by Crippen LogP contribution is 2.12. The summed E-state index contributed by atoms with van der Waals surface area (Å²) in [7, 11) is 3.92. The molecule has 0 fully saturated rings. The van der Waals surface area contributed by atoms with Gasteiger partial charge in [-0.05, 0) is 23.8 Å². The summed E-state index contributed by atoms with van der Waals surface area (Å²) in [4.78, 5) is 15.2. The molecule has 0 saturated carbocycles. The van der Waals surface area contributed by atoms with Crippen molar-refractivity contribution in [2.75, 3.05) is 19.0 Å². The van der Waals surface area contributed by atoms with Crippen LogP contribution in [0.4, 0.5) is 5.69 Å². The second kappa shape index (κ2) is 8.30. The normalized spacial score (nSPS) is 12.0. The topological polar surface area (TPSA) is 76.9 Å². The summed E-state index contributed by atoms with van der Waals surface area (Å²) in [6.07, 6.45) is 9.77. The summed E-state index contributed by atoms with van der Waals surface area (Å²) in [5.74, 6) is -0.929. The van der Waals surface area contributed by atoms with E-state index in [1.54, 1.807) is 18.2 Å². The lowest BCUT2D eigenvalue weighted by atomic mass is 10.2. The summed E-state index contributed by atoms with van der Waals surface area (Å²) < 4.78 is 0. The van der Waals surface area contributed by atoms with Crippen molar-refractivity contribution in [2.45, 2.75) is 0 Å². The molecule has 0 unspecified atom stereocenters. The SMILES string of the molecule is CN(C)c1ccc(C=CC(=O)O)cc1.[N-]=[N+]=C1C=CC=C1. The van der Waals surface area contributed by atoms with E-state index < -0.39 is 5.97 Å². The Hall–Kier alpha value is -2.91. The Bertz CT molecular complexity index is 605. The molecule has 0 atom stereocenters. The van der Waals surface area contributed by atoms with Crippen LogP contribution in [0.3, 0.4) is 0 Å². The molecular weight excluding hydrogens is 266 g/mol. The van der Waals surface area contributed by atoms with Gasteiger partial charge in [0.15, 0.2) is 0 Å². The molecule has 0 aromatic heterocycles. The van der Waals surface area contributed by atoms with Crippen LogP contribution in [0.25, 0.3) is 11.6 Å². The lowest BCUT2D eigenvalue weighted by Gasteiger charge is -2.11. The molecule has 1 aliphatic rings. The monoisotopic (exact) mass is 283 g/mol. The van der Waals surface area contributed by atoms with Crippen molar-refractivity contribution in [3.8, 4) is 0 Å². The number of carbonyl (C=O) groups is 1. The zero-order valence-electron chi connectivity index (χ0n) is 12.0. The summed E-state index contributed by atoms with van der Waals surface area (Å²) in [6.45, 7) is 0. The summed E-state index contributed by atoms with van der Waals surface area (Å²) >= 11 is 0. The fourth-order valence-corrected chi connectivity index (χ4v) is 1.48. The predicted octanol–water partition coefficient (Wildman–Crippen LogP) is 2.63. The van der Waals surface area contributed by atoms with Gasteiger partial charge in [0.2, 0.25) is 0 Å². The maximum absolute atomic E-state index is 10.3. The quantitative estimate of drug-likeness (QED) is 0.526. The van der Waals surface area contributed by atoms with E-state index in [9.17, 15) is 4.79 Å². The third kappa shape index (κ3) is 6.18. The van der Waals surface area contributed by atoms with Gasteiger partial charge in [0.1, 0.15) is 0 Å². The van der Waals surface area contributed by atoms with Gasteiger partial charge in [-0.1, -0.05) is 24.3 Å². The third-order valence-electron chi connectivity index (χ3n) is 2.59. The Morgan fingerprint density at radius 1 is 1.19 bits per heavy atom. The van der Waals surface area contributed by atoms with Gasteiger partial charge < -0.3 is 15.5 Å². The molecule has 1 aromatic carbocycles. The molecule has 1 aromatic rings. The standard InChI is InChI=1S/C11H13NO2.C5H4N2/c1-12(2)10-6-3-9(4-7-10)5-8-11(13)14;6-7-5-3-1-2-4-5/h3-8H,1-2H3,(H,13,14);1-4H. The Kier molecular flexibility index (Phi) is 6.38. The molecule has 0 radical (unpaired) electrons. The molecule has 0 saturated heterocycles. The maximum Gasteiger partial charge on any atom is 0.328 e. The van der Waals surface area contributed by atoms with E-state index in [4.69, 9.17) is 10.6 Å². The second-order valence-corrected chi connectivity index (χ2v) is 4.40. The van der Waals surface area contributed by atoms with Crippen LogP contribution in [0.15, 0.2) is 54.6 Å². The highest BCUT2D eigenvalue weighted by atomic mass is 16.4. The molecule has 0 aliphatic heterocycles. The predicted molar refractivity (Wildman–Crippen MR) is 84.3 cm³/mol. The van der Waals surface area contributed by atoms with Crippen LogP contribution in [-0.2, 0) is 4.79 Å². The molecular formula is C16H17N3O2. The van der Waals surface area contributed by atoms with E-state index in [0.29, 0.717) is 5.71 Å². The molecule has 1 N–H and O–H groups in total. The Balaban J connectivity index is 0.000000262. The molecule has 5 nitrogen and oxygen atoms in total. The first kappa shape index (κ1) is 16.1. The van der Waals surface area contributed by atoms with Crippen LogP contribution in [0.1, 0.15) is 5.56 Å². The smallest absolute Gasteiger partial charge is 0.328 e. The molecule has 5 heteroatoms. The van der Waals surface area contributed by atoms with Crippen molar-refractivity contribution in [2.24, 2.45) is 0 Å². The number of hydrogen-bond acceptors (Lipinski definition) is 2. The van der Waals surface area contributed by atoms with Crippen molar-refractivity contribution >= 4 is 23.4 Å². The van der Waals surface area contributed by atoms with E-state index in [2.05, 4.69) is 4.79 Å². The molecule has 0 heterocycles. The van der Waals surface area contributed by atoms with Crippen molar-refractivity contribution in [1.29, 1.82) is 0 Å². The van der Waals surface area contributed by atoms with Gasteiger partial charge in [0.25, 0.3) is 0 Å². The van der Waals surface area contributed by atoms with E-state index in [1.165, 1.54) is 0 Å². The van der Waals surface area contributed by atoms with Crippen molar-refractivity contribution in [3.63, 3.8) is 0 Å². The lowest BCUT2D eigenvalue weighted by Crippen LogP contribution is -2.07. The first-order valence-corrected chi connectivity index (χ1v) is 6.28. The summed E-state index contributed by atoms with van der Waals surface area (Å²) in [5, 5.41) is 8.42. The largest absolute Gasteiger partial charge is 0.478 e. The van der Waals surface area contributed by atoms with Gasteiger partial charge in [0, 0.05) is 38.0 Å². The zero-order valence-corrected chi connectivity index (χ0v) is 12.0. The van der Waals surface area contributed by atoms with Gasteiger partial charge in [-0.2, -0.15) is 4.79 Å². The maximum atomic E-state index is 10.3. The Labute approximate surface area is 123 Å². The highest BCUT2D eigenvalue weighted by Gasteiger charge is 1.97. The van der Waals surface area contributed by atoms with Crippen LogP contribution < -0.4 is 4.90 Å². The first-order chi connectivity index (χ1) is 10.0. The summed E-state index contributed by atoms with van der Waals surface area (Å²) in [5.41, 5.74) is 10.6. The number of carboxylic acid groups (broad SMARTS) is 1. The van der Waals surface area contributed by atoms with E-state index in [-0.39, 0.29) is 0 Å². The number of hydrogen-bond donors (Lipinski definition) is 1. The van der Waals surface area contributed by atoms with Gasteiger partial charge in [0.05, 0.1) is 0 Å². The van der Waals surface area contributed by atoms with Crippen LogP contribution in [-0.4, -0.2) is 35.7 Å². The third-order valence-corrected chi connectivity index (χ3v) is 2.59.